The highest BCUT2D eigenvalue weighted by Gasteiger charge is 2.21. The van der Waals surface area contributed by atoms with Crippen LogP contribution in [-0.2, 0) is 16.0 Å². The zero-order valence-corrected chi connectivity index (χ0v) is 16.9. The van der Waals surface area contributed by atoms with Crippen molar-refractivity contribution >= 4 is 35.0 Å². The van der Waals surface area contributed by atoms with Gasteiger partial charge < -0.3 is 15.1 Å². The van der Waals surface area contributed by atoms with Crippen LogP contribution in [0.15, 0.2) is 71.3 Å². The molecule has 3 heterocycles. The number of aryl methyl sites for hydroxylation is 1. The highest BCUT2D eigenvalue weighted by molar-refractivity contribution is 6.24. The summed E-state index contributed by atoms with van der Waals surface area (Å²) >= 11 is 0. The number of rotatable bonds is 5. The van der Waals surface area contributed by atoms with Crippen LogP contribution in [0.5, 0.6) is 0 Å². The van der Waals surface area contributed by atoms with E-state index in [-0.39, 0.29) is 11.6 Å². The third kappa shape index (κ3) is 3.91. The number of hydrogen-bond acceptors (Lipinski definition) is 6. The second-order valence-corrected chi connectivity index (χ2v) is 7.20. The molecule has 0 aliphatic carbocycles. The lowest BCUT2D eigenvalue weighted by Gasteiger charge is -2.18. The van der Waals surface area contributed by atoms with Gasteiger partial charge in [0.05, 0.1) is 6.26 Å². The third-order valence-electron chi connectivity index (χ3n) is 5.04. The van der Waals surface area contributed by atoms with E-state index >= 15 is 0 Å². The lowest BCUT2D eigenvalue weighted by molar-refractivity contribution is -0.116. The number of fused-ring (bicyclic) bond motifs is 1. The van der Waals surface area contributed by atoms with Crippen molar-refractivity contribution in [2.24, 2.45) is 0 Å². The minimum Gasteiger partial charge on any atom is -0.465 e. The number of anilines is 2. The molecule has 0 saturated carbocycles. The smallest absolute Gasteiger partial charge is 0.274 e. The molecule has 2 aromatic heterocycles. The molecule has 0 atom stereocenters. The average molecular weight is 426 g/mol. The van der Waals surface area contributed by atoms with Crippen LogP contribution in [0, 0.1) is 0 Å². The summed E-state index contributed by atoms with van der Waals surface area (Å²) in [6.07, 6.45) is 4.14. The van der Waals surface area contributed by atoms with Crippen LogP contribution < -0.4 is 10.6 Å². The molecule has 0 bridgehead atoms. The first-order valence-corrected chi connectivity index (χ1v) is 10.0. The molecular weight excluding hydrogens is 408 g/mol. The Morgan fingerprint density at radius 2 is 1.97 bits per heavy atom. The van der Waals surface area contributed by atoms with Crippen molar-refractivity contribution < 1.29 is 14.0 Å². The normalized spacial score (nSPS) is 13.4. The van der Waals surface area contributed by atoms with Gasteiger partial charge in [-0.25, -0.2) is 0 Å². The maximum atomic E-state index is 13.3. The molecule has 0 fully saturated rings. The van der Waals surface area contributed by atoms with E-state index in [9.17, 15) is 9.59 Å². The van der Waals surface area contributed by atoms with Crippen molar-refractivity contribution in [1.29, 1.82) is 0 Å². The summed E-state index contributed by atoms with van der Waals surface area (Å²) in [5, 5.41) is 17.7. The van der Waals surface area contributed by atoms with Crippen LogP contribution >= 0.6 is 0 Å². The zero-order valence-electron chi connectivity index (χ0n) is 16.9. The number of benzene rings is 2. The molecule has 4 aromatic rings. The summed E-state index contributed by atoms with van der Waals surface area (Å²) in [5.74, 6) is 0.486. The van der Waals surface area contributed by atoms with Crippen LogP contribution in [0.3, 0.4) is 0 Å². The first kappa shape index (κ1) is 19.4. The Balaban J connectivity index is 1.50. The summed E-state index contributed by atoms with van der Waals surface area (Å²) in [6, 6.07) is 18.2. The molecule has 32 heavy (non-hydrogen) atoms. The molecule has 1 aliphatic heterocycles. The number of nitrogens with one attached hydrogen (secondary N) is 2. The van der Waals surface area contributed by atoms with Crippen LogP contribution in [0.25, 0.3) is 23.2 Å². The fraction of sp³-hybridized carbons (Fsp3) is 0.0870. The Hall–Kier alpha value is -4.53. The Labute approximate surface area is 182 Å². The van der Waals surface area contributed by atoms with Gasteiger partial charge in [-0.2, -0.15) is 4.68 Å². The van der Waals surface area contributed by atoms with Crippen LogP contribution in [0.4, 0.5) is 11.4 Å². The second-order valence-electron chi connectivity index (χ2n) is 7.20. The Kier molecular flexibility index (Phi) is 5.04. The molecule has 5 rings (SSSR count). The molecule has 1 aliphatic rings. The van der Waals surface area contributed by atoms with Gasteiger partial charge in [0.2, 0.25) is 5.91 Å². The minimum absolute atomic E-state index is 0.00919. The van der Waals surface area contributed by atoms with E-state index in [0.717, 1.165) is 16.8 Å². The number of amides is 2. The van der Waals surface area contributed by atoms with Gasteiger partial charge in [0, 0.05) is 29.4 Å². The Morgan fingerprint density at radius 3 is 2.78 bits per heavy atom. The molecular formula is C23H18N6O3. The molecule has 9 nitrogen and oxygen atoms in total. The maximum absolute atomic E-state index is 13.3. The van der Waals surface area contributed by atoms with Crippen molar-refractivity contribution in [3.63, 3.8) is 0 Å². The summed E-state index contributed by atoms with van der Waals surface area (Å²) in [4.78, 5) is 24.9. The van der Waals surface area contributed by atoms with Crippen molar-refractivity contribution in [3.8, 4) is 11.4 Å². The number of carbonyl (C=O) groups excluding carboxylic acids is 2. The van der Waals surface area contributed by atoms with Gasteiger partial charge in [-0.3, -0.25) is 9.59 Å². The summed E-state index contributed by atoms with van der Waals surface area (Å²) in [6.45, 7) is 0. The number of aromatic nitrogens is 4. The fourth-order valence-corrected chi connectivity index (χ4v) is 3.50. The molecule has 2 aromatic carbocycles. The average Bonchev–Trinajstić information content (AvgIpc) is 3.50. The van der Waals surface area contributed by atoms with Crippen molar-refractivity contribution in [1.82, 2.24) is 20.2 Å². The first-order valence-electron chi connectivity index (χ1n) is 10.0. The number of tetrazole rings is 1. The predicted molar refractivity (Wildman–Crippen MR) is 118 cm³/mol. The van der Waals surface area contributed by atoms with Gasteiger partial charge in [-0.05, 0) is 52.7 Å². The minimum atomic E-state index is -0.411. The second kappa shape index (κ2) is 8.31. The Bertz CT molecular complexity index is 1310. The van der Waals surface area contributed by atoms with Gasteiger partial charge in [0.1, 0.15) is 11.5 Å². The standard InChI is InChI=1S/C23H18N6O3/c30-21-11-8-16-13-17(9-10-19(16)25-21)24-23(31)20(14-18-7-4-12-32-18)29-22(26-27-28-29)15-5-2-1-3-6-15/h1-7,9-10,12-14H,8,11H2,(H,24,31)(H,25,30)/b20-14-. The Morgan fingerprint density at radius 1 is 1.09 bits per heavy atom. The summed E-state index contributed by atoms with van der Waals surface area (Å²) in [7, 11) is 0. The largest absolute Gasteiger partial charge is 0.465 e. The quantitative estimate of drug-likeness (QED) is 0.472. The lowest BCUT2D eigenvalue weighted by Crippen LogP contribution is -2.21. The van der Waals surface area contributed by atoms with Crippen LogP contribution in [0.2, 0.25) is 0 Å². The van der Waals surface area contributed by atoms with Crippen LogP contribution in [0.1, 0.15) is 17.7 Å². The van der Waals surface area contributed by atoms with Crippen molar-refractivity contribution in [2.45, 2.75) is 12.8 Å². The lowest BCUT2D eigenvalue weighted by atomic mass is 10.0. The van der Waals surface area contributed by atoms with Gasteiger partial charge in [0.25, 0.3) is 5.91 Å². The molecule has 0 radical (unpaired) electrons. The van der Waals surface area contributed by atoms with E-state index in [1.807, 2.05) is 36.4 Å². The molecule has 2 N–H and O–H groups in total. The number of hydrogen-bond donors (Lipinski definition) is 2. The molecule has 0 saturated heterocycles. The van der Waals surface area contributed by atoms with Crippen molar-refractivity contribution in [3.05, 3.63) is 78.3 Å². The third-order valence-corrected chi connectivity index (χ3v) is 5.04. The highest BCUT2D eigenvalue weighted by Crippen LogP contribution is 2.27. The van der Waals surface area contributed by atoms with Gasteiger partial charge in [-0.1, -0.05) is 30.3 Å². The molecule has 2 amide bonds. The van der Waals surface area contributed by atoms with Gasteiger partial charge >= 0.3 is 0 Å². The summed E-state index contributed by atoms with van der Waals surface area (Å²) < 4.78 is 6.79. The highest BCUT2D eigenvalue weighted by atomic mass is 16.3. The predicted octanol–water partition coefficient (Wildman–Crippen LogP) is 3.45. The number of carbonyl (C=O) groups is 2. The van der Waals surface area contributed by atoms with E-state index in [2.05, 4.69) is 26.2 Å². The maximum Gasteiger partial charge on any atom is 0.274 e. The van der Waals surface area contributed by atoms with E-state index in [4.69, 9.17) is 4.42 Å². The van der Waals surface area contributed by atoms with E-state index in [1.54, 1.807) is 30.3 Å². The van der Waals surface area contributed by atoms with E-state index in [0.29, 0.717) is 30.1 Å². The molecule has 0 unspecified atom stereocenters. The molecule has 0 spiro atoms. The fourth-order valence-electron chi connectivity index (χ4n) is 3.50. The number of furan rings is 1. The summed E-state index contributed by atoms with van der Waals surface area (Å²) in [5.41, 5.74) is 3.28. The van der Waals surface area contributed by atoms with Crippen LogP contribution in [-0.4, -0.2) is 32.0 Å². The van der Waals surface area contributed by atoms with E-state index < -0.39 is 5.91 Å². The topological polar surface area (TPSA) is 115 Å². The monoisotopic (exact) mass is 426 g/mol. The number of nitrogens with zero attached hydrogens (tertiary/aromatic N) is 4. The first-order chi connectivity index (χ1) is 15.7. The molecule has 9 heteroatoms. The SMILES string of the molecule is O=C1CCc2cc(NC(=O)/C(=C/c3ccco3)n3nnnc3-c3ccccc3)ccc2N1. The van der Waals surface area contributed by atoms with Gasteiger partial charge in [-0.15, -0.1) is 5.10 Å². The van der Waals surface area contributed by atoms with E-state index in [1.165, 1.54) is 10.9 Å². The molecule has 158 valence electrons. The van der Waals surface area contributed by atoms with Crippen molar-refractivity contribution in [2.75, 3.05) is 10.6 Å². The zero-order chi connectivity index (χ0) is 21.9. The van der Waals surface area contributed by atoms with Gasteiger partial charge in [0.15, 0.2) is 5.82 Å².